The summed E-state index contributed by atoms with van der Waals surface area (Å²) >= 11 is 0. The molecule has 0 radical (unpaired) electrons. The summed E-state index contributed by atoms with van der Waals surface area (Å²) < 4.78 is 0. The first-order valence-electron chi connectivity index (χ1n) is 8.14. The number of benzene rings is 2. The zero-order valence-corrected chi connectivity index (χ0v) is 12.4. The standard InChI is InChI=1S/C20H22O/c21-20(12-11-16-5-1-2-6-18(16)14-20)19-10-4-9-17(13-19)15-7-3-8-15/h1-2,4-6,9-10,13,15,21H,3,7-8,11-12,14H2. The molecule has 1 saturated carbocycles. The van der Waals surface area contributed by atoms with Gasteiger partial charge in [-0.05, 0) is 53.9 Å². The Labute approximate surface area is 126 Å². The molecule has 0 aromatic heterocycles. The maximum atomic E-state index is 11.2. The Morgan fingerprint density at radius 1 is 0.952 bits per heavy atom. The van der Waals surface area contributed by atoms with E-state index in [1.54, 1.807) is 0 Å². The molecule has 1 N–H and O–H groups in total. The Bertz CT molecular complexity index is 656. The van der Waals surface area contributed by atoms with E-state index in [2.05, 4.69) is 48.5 Å². The van der Waals surface area contributed by atoms with Gasteiger partial charge in [-0.25, -0.2) is 0 Å². The topological polar surface area (TPSA) is 20.2 Å². The van der Waals surface area contributed by atoms with Crippen LogP contribution in [-0.4, -0.2) is 5.11 Å². The molecular formula is C20H22O. The van der Waals surface area contributed by atoms with E-state index in [-0.39, 0.29) is 0 Å². The maximum Gasteiger partial charge on any atom is 0.0940 e. The molecular weight excluding hydrogens is 256 g/mol. The van der Waals surface area contributed by atoms with E-state index >= 15 is 0 Å². The van der Waals surface area contributed by atoms with Crippen LogP contribution < -0.4 is 0 Å². The predicted octanol–water partition coefficient (Wildman–Crippen LogP) is 4.33. The Balaban J connectivity index is 1.66. The van der Waals surface area contributed by atoms with E-state index in [0.717, 1.165) is 30.7 Å². The lowest BCUT2D eigenvalue weighted by molar-refractivity contribution is 0.0221. The van der Waals surface area contributed by atoms with Gasteiger partial charge in [0.2, 0.25) is 0 Å². The molecule has 1 nitrogen and oxygen atoms in total. The van der Waals surface area contributed by atoms with Crippen LogP contribution in [0.25, 0.3) is 0 Å². The zero-order chi connectivity index (χ0) is 14.3. The van der Waals surface area contributed by atoms with Gasteiger partial charge in [0.1, 0.15) is 0 Å². The monoisotopic (exact) mass is 278 g/mol. The second-order valence-electron chi connectivity index (χ2n) is 6.73. The summed E-state index contributed by atoms with van der Waals surface area (Å²) in [6.07, 6.45) is 6.53. The Morgan fingerprint density at radius 2 is 1.76 bits per heavy atom. The van der Waals surface area contributed by atoms with Crippen molar-refractivity contribution in [3.05, 3.63) is 70.8 Å². The minimum Gasteiger partial charge on any atom is -0.385 e. The highest BCUT2D eigenvalue weighted by Crippen LogP contribution is 2.40. The highest BCUT2D eigenvalue weighted by atomic mass is 16.3. The highest BCUT2D eigenvalue weighted by Gasteiger charge is 2.34. The smallest absolute Gasteiger partial charge is 0.0940 e. The Morgan fingerprint density at radius 3 is 2.52 bits per heavy atom. The van der Waals surface area contributed by atoms with E-state index in [9.17, 15) is 5.11 Å². The first kappa shape index (κ1) is 13.1. The fourth-order valence-electron chi connectivity index (χ4n) is 3.79. The molecule has 2 aliphatic rings. The van der Waals surface area contributed by atoms with Gasteiger partial charge >= 0.3 is 0 Å². The number of aliphatic hydroxyl groups is 1. The van der Waals surface area contributed by atoms with Crippen LogP contribution in [0.2, 0.25) is 0 Å². The van der Waals surface area contributed by atoms with Crippen LogP contribution in [0, 0.1) is 0 Å². The quantitative estimate of drug-likeness (QED) is 0.867. The minimum absolute atomic E-state index is 0.686. The molecule has 0 aliphatic heterocycles. The van der Waals surface area contributed by atoms with Crippen LogP contribution in [-0.2, 0) is 18.4 Å². The van der Waals surface area contributed by atoms with Crippen molar-refractivity contribution in [1.82, 2.24) is 0 Å². The molecule has 2 aromatic carbocycles. The molecule has 1 heteroatoms. The number of fused-ring (bicyclic) bond motifs is 1. The first-order valence-corrected chi connectivity index (χ1v) is 8.14. The van der Waals surface area contributed by atoms with Crippen molar-refractivity contribution in [2.75, 3.05) is 0 Å². The molecule has 1 atom stereocenters. The van der Waals surface area contributed by atoms with Gasteiger partial charge in [-0.3, -0.25) is 0 Å². The molecule has 1 unspecified atom stereocenters. The van der Waals surface area contributed by atoms with Gasteiger partial charge in [-0.15, -0.1) is 0 Å². The number of rotatable bonds is 2. The summed E-state index contributed by atoms with van der Waals surface area (Å²) in [5.41, 5.74) is 4.55. The first-order chi connectivity index (χ1) is 10.2. The zero-order valence-electron chi connectivity index (χ0n) is 12.4. The summed E-state index contributed by atoms with van der Waals surface area (Å²) in [5, 5.41) is 11.2. The van der Waals surface area contributed by atoms with Crippen molar-refractivity contribution in [2.24, 2.45) is 0 Å². The van der Waals surface area contributed by atoms with Crippen molar-refractivity contribution in [3.8, 4) is 0 Å². The third kappa shape index (κ3) is 2.30. The Kier molecular flexibility index (Phi) is 3.11. The van der Waals surface area contributed by atoms with Crippen LogP contribution >= 0.6 is 0 Å². The van der Waals surface area contributed by atoms with E-state index in [0.29, 0.717) is 0 Å². The average molecular weight is 278 g/mol. The van der Waals surface area contributed by atoms with E-state index < -0.39 is 5.60 Å². The second-order valence-corrected chi connectivity index (χ2v) is 6.73. The van der Waals surface area contributed by atoms with Crippen LogP contribution in [0.4, 0.5) is 0 Å². The van der Waals surface area contributed by atoms with Gasteiger partial charge < -0.3 is 5.11 Å². The molecule has 0 amide bonds. The average Bonchev–Trinajstić information content (AvgIpc) is 2.46. The number of aryl methyl sites for hydroxylation is 1. The third-order valence-corrected chi connectivity index (χ3v) is 5.41. The lowest BCUT2D eigenvalue weighted by Gasteiger charge is -2.35. The molecule has 4 rings (SSSR count). The molecule has 0 spiro atoms. The molecule has 2 aliphatic carbocycles. The van der Waals surface area contributed by atoms with Crippen LogP contribution in [0.3, 0.4) is 0 Å². The van der Waals surface area contributed by atoms with Gasteiger partial charge in [0.15, 0.2) is 0 Å². The minimum atomic E-state index is -0.686. The fraction of sp³-hybridized carbons (Fsp3) is 0.400. The number of hydrogen-bond acceptors (Lipinski definition) is 1. The summed E-state index contributed by atoms with van der Waals surface area (Å²) in [4.78, 5) is 0. The van der Waals surface area contributed by atoms with Gasteiger partial charge in [-0.1, -0.05) is 55.0 Å². The highest BCUT2D eigenvalue weighted by molar-refractivity contribution is 5.38. The Hall–Kier alpha value is -1.60. The molecule has 2 aromatic rings. The van der Waals surface area contributed by atoms with Crippen molar-refractivity contribution < 1.29 is 5.11 Å². The molecule has 0 saturated heterocycles. The van der Waals surface area contributed by atoms with Crippen LogP contribution in [0.15, 0.2) is 48.5 Å². The summed E-state index contributed by atoms with van der Waals surface area (Å²) in [7, 11) is 0. The fourth-order valence-corrected chi connectivity index (χ4v) is 3.79. The maximum absolute atomic E-state index is 11.2. The van der Waals surface area contributed by atoms with E-state index in [1.807, 2.05) is 0 Å². The normalized spacial score (nSPS) is 25.2. The van der Waals surface area contributed by atoms with Crippen LogP contribution in [0.5, 0.6) is 0 Å². The molecule has 1 fully saturated rings. The van der Waals surface area contributed by atoms with Crippen molar-refractivity contribution in [2.45, 2.75) is 50.0 Å². The summed E-state index contributed by atoms with van der Waals surface area (Å²) in [6, 6.07) is 17.3. The second kappa shape index (κ2) is 4.99. The predicted molar refractivity (Wildman–Crippen MR) is 85.4 cm³/mol. The number of hydrogen-bond donors (Lipinski definition) is 1. The molecule has 0 bridgehead atoms. The molecule has 0 heterocycles. The lowest BCUT2D eigenvalue weighted by atomic mass is 9.74. The van der Waals surface area contributed by atoms with E-state index in [1.165, 1.54) is 36.0 Å². The summed E-state index contributed by atoms with van der Waals surface area (Å²) in [5.74, 6) is 0.726. The third-order valence-electron chi connectivity index (χ3n) is 5.41. The van der Waals surface area contributed by atoms with Crippen molar-refractivity contribution in [3.63, 3.8) is 0 Å². The van der Waals surface area contributed by atoms with Gasteiger partial charge in [-0.2, -0.15) is 0 Å². The van der Waals surface area contributed by atoms with Crippen molar-refractivity contribution in [1.29, 1.82) is 0 Å². The van der Waals surface area contributed by atoms with Gasteiger partial charge in [0, 0.05) is 6.42 Å². The summed E-state index contributed by atoms with van der Waals surface area (Å²) in [6.45, 7) is 0. The largest absolute Gasteiger partial charge is 0.385 e. The van der Waals surface area contributed by atoms with E-state index in [4.69, 9.17) is 0 Å². The van der Waals surface area contributed by atoms with Gasteiger partial charge in [0.25, 0.3) is 0 Å². The molecule has 108 valence electrons. The van der Waals surface area contributed by atoms with Gasteiger partial charge in [0.05, 0.1) is 5.60 Å². The molecule has 21 heavy (non-hydrogen) atoms. The SMILES string of the molecule is OC1(c2cccc(C3CCC3)c2)CCc2ccccc2C1. The van der Waals surface area contributed by atoms with Crippen molar-refractivity contribution >= 4 is 0 Å². The van der Waals surface area contributed by atoms with Crippen LogP contribution in [0.1, 0.15) is 53.9 Å². The lowest BCUT2D eigenvalue weighted by Crippen LogP contribution is -2.33.